The molecule has 0 aliphatic carbocycles. The van der Waals surface area contributed by atoms with E-state index in [0.717, 1.165) is 54.1 Å². The van der Waals surface area contributed by atoms with Gasteiger partial charge in [-0.25, -0.2) is 13.9 Å². The summed E-state index contributed by atoms with van der Waals surface area (Å²) < 4.78 is 22.4. The molecule has 1 amide bonds. The molecule has 7 nitrogen and oxygen atoms in total. The van der Waals surface area contributed by atoms with E-state index >= 15 is 0 Å². The van der Waals surface area contributed by atoms with Crippen molar-refractivity contribution >= 4 is 23.2 Å². The van der Waals surface area contributed by atoms with E-state index < -0.39 is 5.82 Å². The van der Waals surface area contributed by atoms with E-state index in [1.54, 1.807) is 15.5 Å². The van der Waals surface area contributed by atoms with Crippen molar-refractivity contribution in [1.82, 2.24) is 24.4 Å². The van der Waals surface area contributed by atoms with Gasteiger partial charge in [0.25, 0.3) is 5.91 Å². The zero-order valence-corrected chi connectivity index (χ0v) is 21.7. The molecule has 0 N–H and O–H groups in total. The van der Waals surface area contributed by atoms with Gasteiger partial charge in [-0.15, -0.1) is 0 Å². The van der Waals surface area contributed by atoms with Crippen LogP contribution in [0.3, 0.4) is 0 Å². The van der Waals surface area contributed by atoms with E-state index in [2.05, 4.69) is 21.9 Å². The molecule has 3 aromatic rings. The normalized spacial score (nSPS) is 23.5. The molecule has 2 saturated heterocycles. The number of amides is 1. The summed E-state index contributed by atoms with van der Waals surface area (Å²) >= 11 is 6.36. The summed E-state index contributed by atoms with van der Waals surface area (Å²) in [5, 5.41) is 5.27. The molecule has 3 atom stereocenters. The van der Waals surface area contributed by atoms with Crippen LogP contribution in [0.5, 0.6) is 5.75 Å². The third kappa shape index (κ3) is 3.86. The first-order valence-electron chi connectivity index (χ1n) is 12.9. The fourth-order valence-electron chi connectivity index (χ4n) is 6.32. The van der Waals surface area contributed by atoms with E-state index in [1.807, 2.05) is 13.8 Å². The van der Waals surface area contributed by atoms with Gasteiger partial charge < -0.3 is 9.64 Å². The number of fused-ring (bicyclic) bond motifs is 5. The molecule has 6 rings (SSSR count). The van der Waals surface area contributed by atoms with Crippen LogP contribution in [0, 0.1) is 19.7 Å². The fraction of sp³-hybridized carbons (Fsp3) is 0.519. The summed E-state index contributed by atoms with van der Waals surface area (Å²) in [5.41, 5.74) is 4.43. The molecule has 0 saturated carbocycles. The predicted molar refractivity (Wildman–Crippen MR) is 135 cm³/mol. The van der Waals surface area contributed by atoms with E-state index in [9.17, 15) is 9.18 Å². The summed E-state index contributed by atoms with van der Waals surface area (Å²) in [5.74, 6) is -0.249. The molecule has 2 bridgehead atoms. The number of hydrogen-bond acceptors (Lipinski definition) is 5. The average molecular weight is 512 g/mol. The number of nitrogens with zero attached hydrogens (tertiary/aromatic N) is 5. The minimum Gasteiger partial charge on any atom is -0.489 e. The van der Waals surface area contributed by atoms with E-state index in [4.69, 9.17) is 16.3 Å². The van der Waals surface area contributed by atoms with Crippen LogP contribution in [0.1, 0.15) is 72.0 Å². The van der Waals surface area contributed by atoms with E-state index in [1.165, 1.54) is 25.0 Å². The minimum atomic E-state index is -0.401. The number of rotatable bonds is 5. The van der Waals surface area contributed by atoms with Crippen LogP contribution in [0.4, 0.5) is 4.39 Å². The zero-order valence-electron chi connectivity index (χ0n) is 20.9. The first-order chi connectivity index (χ1) is 17.3. The standard InChI is InChI=1S/C27H31ClFN5O2/c1-4-9-33-18-6-7-19(33)12-20(11-18)36-24-10-17(29)5-8-21(24)27(35)32-13-22-23(14-32)31-34-16(3)25(28)15(2)30-26(22)34/h5,8,10,18-20H,4,6-7,9,11-14H2,1-3H3/t18-,19+,20+. The van der Waals surface area contributed by atoms with E-state index in [-0.39, 0.29) is 12.0 Å². The second-order valence-electron chi connectivity index (χ2n) is 10.4. The van der Waals surface area contributed by atoms with Crippen molar-refractivity contribution in [3.8, 4) is 5.75 Å². The monoisotopic (exact) mass is 511 g/mol. The van der Waals surface area contributed by atoms with Crippen molar-refractivity contribution in [2.45, 2.75) is 84.2 Å². The Morgan fingerprint density at radius 1 is 1.19 bits per heavy atom. The van der Waals surface area contributed by atoms with Crippen LogP contribution >= 0.6 is 11.6 Å². The van der Waals surface area contributed by atoms with Gasteiger partial charge in [-0.2, -0.15) is 5.10 Å². The molecule has 5 heterocycles. The lowest BCUT2D eigenvalue weighted by atomic mass is 9.99. The van der Waals surface area contributed by atoms with Gasteiger partial charge in [0.1, 0.15) is 17.7 Å². The second kappa shape index (κ2) is 8.99. The summed E-state index contributed by atoms with van der Waals surface area (Å²) in [6, 6.07) is 5.26. The Labute approximate surface area is 215 Å². The highest BCUT2D eigenvalue weighted by molar-refractivity contribution is 6.31. The summed E-state index contributed by atoms with van der Waals surface area (Å²) in [6.07, 6.45) is 5.34. The Bertz CT molecular complexity index is 1340. The molecule has 0 spiro atoms. The molecule has 36 heavy (non-hydrogen) atoms. The number of hydrogen-bond donors (Lipinski definition) is 0. The Balaban J connectivity index is 1.23. The molecule has 3 aliphatic rings. The van der Waals surface area contributed by atoms with Crippen molar-refractivity contribution in [3.05, 3.63) is 57.2 Å². The highest BCUT2D eigenvalue weighted by atomic mass is 35.5. The Kier molecular flexibility index (Phi) is 5.91. The average Bonchev–Trinajstić information content (AvgIpc) is 3.48. The van der Waals surface area contributed by atoms with Gasteiger partial charge in [-0.1, -0.05) is 18.5 Å². The molecule has 0 radical (unpaired) electrons. The highest BCUT2D eigenvalue weighted by Crippen LogP contribution is 2.38. The largest absolute Gasteiger partial charge is 0.489 e. The molecule has 2 aromatic heterocycles. The van der Waals surface area contributed by atoms with Crippen LogP contribution in [0.15, 0.2) is 18.2 Å². The Morgan fingerprint density at radius 3 is 2.67 bits per heavy atom. The van der Waals surface area contributed by atoms with Gasteiger partial charge >= 0.3 is 0 Å². The second-order valence-corrected chi connectivity index (χ2v) is 10.8. The minimum absolute atomic E-state index is 0.0103. The number of carbonyl (C=O) groups is 1. The highest BCUT2D eigenvalue weighted by Gasteiger charge is 2.41. The first kappa shape index (κ1) is 23.7. The third-order valence-corrected chi connectivity index (χ3v) is 8.58. The van der Waals surface area contributed by atoms with Gasteiger partial charge in [0.2, 0.25) is 0 Å². The third-order valence-electron chi connectivity index (χ3n) is 8.03. The van der Waals surface area contributed by atoms with E-state index in [0.29, 0.717) is 41.5 Å². The summed E-state index contributed by atoms with van der Waals surface area (Å²) in [4.78, 5) is 22.6. The van der Waals surface area contributed by atoms with Crippen LogP contribution in [0.2, 0.25) is 5.02 Å². The predicted octanol–water partition coefficient (Wildman–Crippen LogP) is 5.08. The number of aryl methyl sites for hydroxylation is 2. The van der Waals surface area contributed by atoms with Crippen LogP contribution in [0.25, 0.3) is 5.65 Å². The summed E-state index contributed by atoms with van der Waals surface area (Å²) in [6.45, 7) is 7.87. The maximum absolute atomic E-state index is 14.3. The molecule has 0 unspecified atom stereocenters. The van der Waals surface area contributed by atoms with Crippen molar-refractivity contribution in [2.24, 2.45) is 0 Å². The molecule has 2 fully saturated rings. The number of halogens is 2. The number of piperidine rings is 1. The molecule has 9 heteroatoms. The zero-order chi connectivity index (χ0) is 25.1. The molecule has 3 aliphatic heterocycles. The number of benzene rings is 1. The number of ether oxygens (including phenoxy) is 1. The van der Waals surface area contributed by atoms with Gasteiger partial charge in [0, 0.05) is 23.7 Å². The van der Waals surface area contributed by atoms with Gasteiger partial charge in [-0.05, 0) is 64.6 Å². The van der Waals surface area contributed by atoms with Crippen molar-refractivity contribution in [1.29, 1.82) is 0 Å². The quantitative estimate of drug-likeness (QED) is 0.478. The number of aromatic nitrogens is 3. The first-order valence-corrected chi connectivity index (χ1v) is 13.3. The lowest BCUT2D eigenvalue weighted by Gasteiger charge is -2.39. The molecule has 1 aromatic carbocycles. The van der Waals surface area contributed by atoms with Crippen LogP contribution in [-0.2, 0) is 13.1 Å². The van der Waals surface area contributed by atoms with Crippen LogP contribution < -0.4 is 4.74 Å². The van der Waals surface area contributed by atoms with Crippen molar-refractivity contribution in [2.75, 3.05) is 6.54 Å². The molecular formula is C27H31ClFN5O2. The topological polar surface area (TPSA) is 63.0 Å². The molecule has 190 valence electrons. The van der Waals surface area contributed by atoms with Gasteiger partial charge in [0.05, 0.1) is 40.8 Å². The maximum Gasteiger partial charge on any atom is 0.258 e. The van der Waals surface area contributed by atoms with Crippen molar-refractivity contribution in [3.63, 3.8) is 0 Å². The van der Waals surface area contributed by atoms with Crippen LogP contribution in [-0.4, -0.2) is 55.0 Å². The fourth-order valence-corrected chi connectivity index (χ4v) is 6.44. The SMILES string of the molecule is CCCN1[C@@H]2CC[C@H]1C[C@@H](Oc1cc(F)ccc1C(=O)N1Cc3nn4c(C)c(Cl)c(C)nc4c3C1)C2. The Morgan fingerprint density at radius 2 is 1.94 bits per heavy atom. The maximum atomic E-state index is 14.3. The van der Waals surface area contributed by atoms with Gasteiger partial charge in [-0.3, -0.25) is 9.69 Å². The lowest BCUT2D eigenvalue weighted by Crippen LogP contribution is -2.46. The summed E-state index contributed by atoms with van der Waals surface area (Å²) in [7, 11) is 0. The molecular weight excluding hydrogens is 481 g/mol. The Hall–Kier alpha value is -2.71. The lowest BCUT2D eigenvalue weighted by molar-refractivity contribution is 0.0479. The van der Waals surface area contributed by atoms with Crippen molar-refractivity contribution < 1.29 is 13.9 Å². The number of carbonyl (C=O) groups excluding carboxylic acids is 1. The smallest absolute Gasteiger partial charge is 0.258 e. The van der Waals surface area contributed by atoms with Gasteiger partial charge in [0.15, 0.2) is 5.65 Å².